The minimum atomic E-state index is -1.54. The fraction of sp³-hybridized carbons (Fsp3) is 0.394. The summed E-state index contributed by atoms with van der Waals surface area (Å²) in [7, 11) is 0. The van der Waals surface area contributed by atoms with Crippen LogP contribution in [0.5, 0.6) is 0 Å². The lowest BCUT2D eigenvalue weighted by Gasteiger charge is -2.18. The number of imidazole rings is 1. The van der Waals surface area contributed by atoms with Crippen LogP contribution in [0.15, 0.2) is 62.2 Å². The largest absolute Gasteiger partial charge is 0.519 e. The number of aromatic nitrogens is 6. The van der Waals surface area contributed by atoms with Gasteiger partial charge in [-0.3, -0.25) is 0 Å². The molecule has 20 nitrogen and oxygen atoms in total. The molecule has 5 rings (SSSR count). The first kappa shape index (κ1) is 37.8. The summed E-state index contributed by atoms with van der Waals surface area (Å²) >= 11 is 0. The van der Waals surface area contributed by atoms with Crippen molar-refractivity contribution in [3.8, 4) is 22.5 Å². The molecule has 20 heteroatoms. The highest BCUT2D eigenvalue weighted by molar-refractivity contribution is 5.89. The topological polar surface area (TPSA) is 267 Å². The van der Waals surface area contributed by atoms with Crippen molar-refractivity contribution in [1.29, 1.82) is 0 Å². The van der Waals surface area contributed by atoms with Crippen LogP contribution in [0.25, 0.3) is 22.5 Å². The number of benzene rings is 2. The van der Waals surface area contributed by atoms with Gasteiger partial charge >= 0.3 is 11.8 Å². The number of carbonyl (C=O) groups is 1. The molecule has 53 heavy (non-hydrogen) atoms. The number of H-pyrrole nitrogens is 1. The van der Waals surface area contributed by atoms with Crippen LogP contribution >= 0.6 is 0 Å². The Morgan fingerprint density at radius 2 is 1.75 bits per heavy atom. The molecule has 0 saturated heterocycles. The van der Waals surface area contributed by atoms with Crippen molar-refractivity contribution in [3.05, 3.63) is 114 Å². The molecule has 0 aliphatic carbocycles. The number of aromatic amines is 1. The molecule has 2 aromatic carbocycles. The number of aliphatic hydroxyl groups is 1. The SMILES string of the molecule is CCCc1nc(C(C)(C)O)c(C(=O)OCc2oc(=O)oc2CCC[C@@H](CO[N+](=O)[O-])O[N+](=O)[O-])n1Cc1ccc(-c2ccccc2-c2nn[nH]n2)cc1. The molecule has 3 heterocycles. The summed E-state index contributed by atoms with van der Waals surface area (Å²) in [4.78, 5) is 60.4. The van der Waals surface area contributed by atoms with Crippen molar-refractivity contribution in [2.24, 2.45) is 0 Å². The van der Waals surface area contributed by atoms with E-state index in [-0.39, 0.29) is 48.7 Å². The molecule has 1 atom stereocenters. The zero-order chi connectivity index (χ0) is 38.1. The van der Waals surface area contributed by atoms with Crippen molar-refractivity contribution in [2.45, 2.75) is 77.7 Å². The summed E-state index contributed by atoms with van der Waals surface area (Å²) in [6.45, 7) is 3.94. The van der Waals surface area contributed by atoms with Gasteiger partial charge in [0.2, 0.25) is 5.82 Å². The highest BCUT2D eigenvalue weighted by Gasteiger charge is 2.33. The third kappa shape index (κ3) is 9.67. The van der Waals surface area contributed by atoms with Gasteiger partial charge in [-0.05, 0) is 55.0 Å². The molecule has 0 radical (unpaired) electrons. The van der Waals surface area contributed by atoms with E-state index >= 15 is 0 Å². The number of nitrogens with zero attached hydrogens (tertiary/aromatic N) is 7. The molecule has 0 bridgehead atoms. The Hall–Kier alpha value is -6.44. The van der Waals surface area contributed by atoms with Gasteiger partial charge in [-0.15, -0.1) is 30.4 Å². The number of ether oxygens (including phenoxy) is 1. The summed E-state index contributed by atoms with van der Waals surface area (Å²) in [5.41, 5.74) is 1.96. The van der Waals surface area contributed by atoms with E-state index in [2.05, 4.69) is 35.3 Å². The van der Waals surface area contributed by atoms with Crippen LogP contribution in [0.4, 0.5) is 0 Å². The van der Waals surface area contributed by atoms with Gasteiger partial charge < -0.3 is 32.9 Å². The molecule has 0 amide bonds. The minimum absolute atomic E-state index is 0.00161. The van der Waals surface area contributed by atoms with Crippen molar-refractivity contribution < 1.29 is 43.3 Å². The number of hydrogen-bond acceptors (Lipinski definition) is 16. The van der Waals surface area contributed by atoms with Crippen molar-refractivity contribution in [1.82, 2.24) is 30.2 Å². The minimum Gasteiger partial charge on any atom is -0.453 e. The molecule has 0 fully saturated rings. The standard InChI is InChI=1S/C33H36N8O12/c1-4-8-27-34-29(33(2,3)44)28(39(27)17-20-13-15-21(16-14-20)23-10-5-6-11-24(23)30-35-37-38-36-30)31(42)49-19-26-25(51-32(43)52-26)12-7-9-22(53-41(47)48)18-50-40(45)46/h5-6,10-11,13-16,22,44H,4,7-9,12,17-19H2,1-3H3,(H,35,36,37,38)/t22-/m0/s1. The van der Waals surface area contributed by atoms with Gasteiger partial charge in [0.05, 0.1) is 0 Å². The highest BCUT2D eigenvalue weighted by atomic mass is 17.0. The van der Waals surface area contributed by atoms with E-state index in [0.717, 1.165) is 22.3 Å². The second-order valence-corrected chi connectivity index (χ2v) is 12.3. The van der Waals surface area contributed by atoms with Gasteiger partial charge in [0.15, 0.2) is 23.8 Å². The van der Waals surface area contributed by atoms with Gasteiger partial charge in [0.1, 0.15) is 29.8 Å². The van der Waals surface area contributed by atoms with E-state index < -0.39 is 46.9 Å². The van der Waals surface area contributed by atoms with Crippen molar-refractivity contribution >= 4 is 5.97 Å². The van der Waals surface area contributed by atoms with Gasteiger partial charge in [-0.2, -0.15) is 5.21 Å². The second-order valence-electron chi connectivity index (χ2n) is 12.3. The van der Waals surface area contributed by atoms with E-state index in [1.807, 2.05) is 55.5 Å². The quantitative estimate of drug-likeness (QED) is 0.0689. The van der Waals surface area contributed by atoms with Crippen molar-refractivity contribution in [2.75, 3.05) is 6.61 Å². The Kier molecular flexibility index (Phi) is 11.9. The number of tetrazole rings is 1. The zero-order valence-electron chi connectivity index (χ0n) is 28.9. The average molecular weight is 737 g/mol. The van der Waals surface area contributed by atoms with E-state index in [9.17, 15) is 34.9 Å². The number of nitrogens with one attached hydrogen (secondary N) is 1. The van der Waals surface area contributed by atoms with Gasteiger partial charge in [-0.25, -0.2) is 14.6 Å². The van der Waals surface area contributed by atoms with Crippen LogP contribution in [-0.2, 0) is 46.0 Å². The fourth-order valence-corrected chi connectivity index (χ4v) is 5.65. The van der Waals surface area contributed by atoms with Crippen LogP contribution in [-0.4, -0.2) is 64.1 Å². The average Bonchev–Trinajstić information content (AvgIpc) is 3.86. The highest BCUT2D eigenvalue weighted by Crippen LogP contribution is 2.31. The molecular weight excluding hydrogens is 700 g/mol. The second kappa shape index (κ2) is 16.7. The van der Waals surface area contributed by atoms with E-state index in [0.29, 0.717) is 24.5 Å². The number of hydrogen-bond donors (Lipinski definition) is 2. The lowest BCUT2D eigenvalue weighted by molar-refractivity contribution is -0.790. The lowest BCUT2D eigenvalue weighted by atomic mass is 9.98. The molecule has 0 spiro atoms. The molecule has 5 aromatic rings. The predicted molar refractivity (Wildman–Crippen MR) is 180 cm³/mol. The predicted octanol–water partition coefficient (Wildman–Crippen LogP) is 3.97. The number of carbonyl (C=O) groups excluding carboxylic acids is 1. The van der Waals surface area contributed by atoms with Crippen LogP contribution in [0, 0.1) is 20.2 Å². The first-order valence-corrected chi connectivity index (χ1v) is 16.5. The Bertz CT molecular complexity index is 2080. The van der Waals surface area contributed by atoms with E-state index in [1.165, 1.54) is 13.8 Å². The Balaban J connectivity index is 1.36. The summed E-state index contributed by atoms with van der Waals surface area (Å²) in [6.07, 6.45) is -0.0855. The third-order valence-electron chi connectivity index (χ3n) is 8.00. The van der Waals surface area contributed by atoms with Gasteiger partial charge in [0.25, 0.3) is 10.2 Å². The first-order chi connectivity index (χ1) is 25.3. The molecule has 2 N–H and O–H groups in total. The maximum Gasteiger partial charge on any atom is 0.519 e. The summed E-state index contributed by atoms with van der Waals surface area (Å²) in [5, 5.41) is 44.5. The summed E-state index contributed by atoms with van der Waals surface area (Å²) < 4.78 is 17.5. The number of rotatable bonds is 19. The Morgan fingerprint density at radius 3 is 2.40 bits per heavy atom. The van der Waals surface area contributed by atoms with Crippen LogP contribution in [0.3, 0.4) is 0 Å². The van der Waals surface area contributed by atoms with Crippen LogP contribution in [0.1, 0.15) is 79.1 Å². The maximum absolute atomic E-state index is 13.8. The molecule has 0 unspecified atom stereocenters. The number of esters is 1. The maximum atomic E-state index is 13.8. The van der Waals surface area contributed by atoms with Crippen LogP contribution in [0.2, 0.25) is 0 Å². The molecule has 0 aliphatic heterocycles. The Labute approximate surface area is 299 Å². The molecular formula is C33H36N8O12. The summed E-state index contributed by atoms with van der Waals surface area (Å²) in [5.74, 6) is -1.04. The summed E-state index contributed by atoms with van der Waals surface area (Å²) in [6, 6.07) is 15.3. The van der Waals surface area contributed by atoms with Gasteiger partial charge in [0, 0.05) is 24.9 Å². The monoisotopic (exact) mass is 736 g/mol. The molecule has 0 aliphatic rings. The third-order valence-corrected chi connectivity index (χ3v) is 8.00. The van der Waals surface area contributed by atoms with Crippen LogP contribution < -0.4 is 5.82 Å². The zero-order valence-corrected chi connectivity index (χ0v) is 28.9. The number of aryl methyl sites for hydroxylation is 2. The normalized spacial score (nSPS) is 12.0. The van der Waals surface area contributed by atoms with Gasteiger partial charge in [-0.1, -0.05) is 55.5 Å². The van der Waals surface area contributed by atoms with E-state index in [1.54, 1.807) is 4.57 Å². The molecule has 280 valence electrons. The van der Waals surface area contributed by atoms with Crippen molar-refractivity contribution in [3.63, 3.8) is 0 Å². The smallest absolute Gasteiger partial charge is 0.453 e. The van der Waals surface area contributed by atoms with E-state index in [4.69, 9.17) is 13.6 Å². The molecule has 3 aromatic heterocycles. The lowest BCUT2D eigenvalue weighted by Crippen LogP contribution is -2.24. The fourth-order valence-electron chi connectivity index (χ4n) is 5.65. The first-order valence-electron chi connectivity index (χ1n) is 16.5. The Morgan fingerprint density at radius 1 is 1.04 bits per heavy atom. The molecule has 0 saturated carbocycles.